The number of hydrogen-bond acceptors (Lipinski definition) is 5. The smallest absolute Gasteiger partial charge is 0.325 e. The molecule has 0 spiro atoms. The van der Waals surface area contributed by atoms with Crippen molar-refractivity contribution in [2.75, 3.05) is 37.7 Å². The van der Waals surface area contributed by atoms with E-state index < -0.39 is 30.5 Å². The van der Waals surface area contributed by atoms with Crippen LogP contribution in [0.2, 0.25) is 0 Å². The zero-order chi connectivity index (χ0) is 23.1. The van der Waals surface area contributed by atoms with E-state index in [1.54, 1.807) is 11.0 Å². The van der Waals surface area contributed by atoms with Gasteiger partial charge < -0.3 is 15.0 Å². The van der Waals surface area contributed by atoms with E-state index in [4.69, 9.17) is 4.74 Å². The topological polar surface area (TPSA) is 91.8 Å². The third kappa shape index (κ3) is 6.03. The molecule has 0 atom stereocenters. The Balaban J connectivity index is 1.73. The average molecular weight is 450 g/mol. The molecule has 0 aliphatic carbocycles. The van der Waals surface area contributed by atoms with E-state index in [-0.39, 0.29) is 18.1 Å². The van der Waals surface area contributed by atoms with Crippen LogP contribution in [0, 0.1) is 5.82 Å². The van der Waals surface area contributed by atoms with Crippen LogP contribution in [0.3, 0.4) is 0 Å². The van der Waals surface area contributed by atoms with Crippen LogP contribution < -0.4 is 10.2 Å². The number of ketones is 1. The molecule has 11 heteroatoms. The second kappa shape index (κ2) is 10.7. The predicted octanol–water partition coefficient (Wildman–Crippen LogP) is 2.24. The quantitative estimate of drug-likeness (QED) is 0.654. The summed E-state index contributed by atoms with van der Waals surface area (Å²) in [7, 11) is 0. The van der Waals surface area contributed by atoms with E-state index in [9.17, 15) is 27.6 Å². The fraction of sp³-hybridized carbons (Fsp3) is 0.333. The Bertz CT molecular complexity index is 966. The number of Topliss-reactive ketones (excluding diaryl/α,β-unsaturated/α-hetero) is 1. The number of halogens is 3. The maximum atomic E-state index is 13.8. The van der Waals surface area contributed by atoms with Gasteiger partial charge in [-0.3, -0.25) is 19.5 Å². The van der Waals surface area contributed by atoms with Gasteiger partial charge in [0, 0.05) is 30.5 Å². The largest absolute Gasteiger partial charge is 0.378 e. The van der Waals surface area contributed by atoms with Crippen LogP contribution in [-0.2, 0) is 16.1 Å². The molecule has 1 saturated heterocycles. The van der Waals surface area contributed by atoms with Gasteiger partial charge in [-0.05, 0) is 30.3 Å². The van der Waals surface area contributed by atoms with Gasteiger partial charge in [-0.1, -0.05) is 6.07 Å². The van der Waals surface area contributed by atoms with Crippen LogP contribution in [0.1, 0.15) is 16.1 Å². The van der Waals surface area contributed by atoms with Gasteiger partial charge in [0.2, 0.25) is 0 Å². The zero-order valence-electron chi connectivity index (χ0n) is 17.0. The number of ether oxygens (including phenoxy) is 1. The number of rotatable bonds is 7. The Morgan fingerprint density at radius 1 is 1.16 bits per heavy atom. The molecule has 1 aliphatic heterocycles. The predicted molar refractivity (Wildman–Crippen MR) is 108 cm³/mol. The summed E-state index contributed by atoms with van der Waals surface area (Å²) in [5.41, 5.74) is 0.877. The summed E-state index contributed by atoms with van der Waals surface area (Å²) in [4.78, 5) is 43.2. The zero-order valence-corrected chi connectivity index (χ0v) is 17.0. The van der Waals surface area contributed by atoms with Crippen LogP contribution in [0.15, 0.2) is 42.6 Å². The number of alkyl halides is 2. The summed E-state index contributed by atoms with van der Waals surface area (Å²) in [6.45, 7) is 1.02. The highest BCUT2D eigenvalue weighted by atomic mass is 19.3. The summed E-state index contributed by atoms with van der Waals surface area (Å²) < 4.78 is 43.5. The number of urea groups is 1. The molecule has 2 aromatic rings. The van der Waals surface area contributed by atoms with Crippen molar-refractivity contribution < 1.29 is 32.3 Å². The number of benzene rings is 1. The lowest BCUT2D eigenvalue weighted by atomic mass is 10.1. The van der Waals surface area contributed by atoms with E-state index in [1.807, 2.05) is 5.32 Å². The van der Waals surface area contributed by atoms with Crippen molar-refractivity contribution >= 4 is 23.4 Å². The van der Waals surface area contributed by atoms with Gasteiger partial charge >= 0.3 is 12.5 Å². The van der Waals surface area contributed by atoms with Gasteiger partial charge in [0.05, 0.1) is 32.0 Å². The first-order valence-electron chi connectivity index (χ1n) is 9.79. The molecule has 2 heterocycles. The number of nitrogens with one attached hydrogen (secondary N) is 1. The third-order valence-electron chi connectivity index (χ3n) is 4.72. The Labute approximate surface area is 182 Å². The number of pyridine rings is 1. The number of nitrogens with zero attached hydrogens (tertiary/aromatic N) is 3. The Hall–Kier alpha value is -3.47. The van der Waals surface area contributed by atoms with Crippen molar-refractivity contribution in [2.45, 2.75) is 13.0 Å². The number of aromatic nitrogens is 1. The molecule has 170 valence electrons. The van der Waals surface area contributed by atoms with Crippen LogP contribution in [0.5, 0.6) is 0 Å². The molecule has 3 rings (SSSR count). The Kier molecular flexibility index (Phi) is 7.77. The summed E-state index contributed by atoms with van der Waals surface area (Å²) in [5.74, 6) is -2.62. The Morgan fingerprint density at radius 3 is 2.53 bits per heavy atom. The van der Waals surface area contributed by atoms with Crippen molar-refractivity contribution in [1.82, 2.24) is 15.2 Å². The molecular weight excluding hydrogens is 429 g/mol. The lowest BCUT2D eigenvalue weighted by Gasteiger charge is -2.33. The minimum Gasteiger partial charge on any atom is -0.378 e. The van der Waals surface area contributed by atoms with Crippen molar-refractivity contribution in [3.63, 3.8) is 0 Å². The van der Waals surface area contributed by atoms with Crippen molar-refractivity contribution in [2.24, 2.45) is 0 Å². The van der Waals surface area contributed by atoms with Crippen LogP contribution in [-0.4, -0.2) is 66.9 Å². The molecule has 1 fully saturated rings. The molecule has 0 saturated carbocycles. The fourth-order valence-electron chi connectivity index (χ4n) is 3.03. The van der Waals surface area contributed by atoms with Crippen LogP contribution in [0.4, 0.5) is 23.7 Å². The van der Waals surface area contributed by atoms with Gasteiger partial charge in [-0.2, -0.15) is 8.78 Å². The molecule has 1 aromatic heterocycles. The first-order valence-corrected chi connectivity index (χ1v) is 9.79. The highest BCUT2D eigenvalue weighted by Crippen LogP contribution is 2.20. The van der Waals surface area contributed by atoms with Crippen molar-refractivity contribution in [3.8, 4) is 0 Å². The summed E-state index contributed by atoms with van der Waals surface area (Å²) >= 11 is 0. The van der Waals surface area contributed by atoms with Gasteiger partial charge in [0.25, 0.3) is 5.91 Å². The lowest BCUT2D eigenvalue weighted by Crippen LogP contribution is -2.48. The van der Waals surface area contributed by atoms with Crippen LogP contribution >= 0.6 is 0 Å². The third-order valence-corrected chi connectivity index (χ3v) is 4.72. The molecule has 0 radical (unpaired) electrons. The molecule has 3 amide bonds. The number of carbonyl (C=O) groups excluding carboxylic acids is 3. The van der Waals surface area contributed by atoms with Crippen molar-refractivity contribution in [1.29, 1.82) is 0 Å². The van der Waals surface area contributed by atoms with Crippen LogP contribution in [0.25, 0.3) is 0 Å². The molecule has 8 nitrogen and oxygen atoms in total. The maximum absolute atomic E-state index is 13.8. The second-order valence-electron chi connectivity index (χ2n) is 6.93. The molecule has 1 N–H and O–H groups in total. The SMILES string of the molecule is O=C(CNC(=O)C(F)F)c1ccc(CN(C(=O)N2CCOCC2)c2cccc(F)c2)nc1. The molecule has 32 heavy (non-hydrogen) atoms. The summed E-state index contributed by atoms with van der Waals surface area (Å²) in [5, 5.41) is 1.83. The minimum absolute atomic E-state index is 0.0102. The standard InChI is InChI=1S/C21H21F3N4O4/c22-15-2-1-3-17(10-15)28(21(31)27-6-8-32-9-7-27)13-16-5-4-14(11-25-16)18(29)12-26-20(30)19(23)24/h1-5,10-11,19H,6-9,12-13H2,(H,26,30). The normalized spacial score (nSPS) is 13.7. The first kappa shape index (κ1) is 23.2. The van der Waals surface area contributed by atoms with E-state index in [0.29, 0.717) is 37.7 Å². The summed E-state index contributed by atoms with van der Waals surface area (Å²) in [6.07, 6.45) is -1.98. The summed E-state index contributed by atoms with van der Waals surface area (Å²) in [6, 6.07) is 8.19. The molecular formula is C21H21F3N4O4. The Morgan fingerprint density at radius 2 is 1.91 bits per heavy atom. The maximum Gasteiger partial charge on any atom is 0.325 e. The number of anilines is 1. The molecule has 1 aromatic carbocycles. The van der Waals surface area contributed by atoms with E-state index >= 15 is 0 Å². The van der Waals surface area contributed by atoms with E-state index in [1.165, 1.54) is 41.4 Å². The fourth-order valence-corrected chi connectivity index (χ4v) is 3.03. The number of hydrogen-bond donors (Lipinski definition) is 1. The first-order chi connectivity index (χ1) is 15.3. The minimum atomic E-state index is -3.21. The number of morpholine rings is 1. The van der Waals surface area contributed by atoms with Gasteiger partial charge in [-0.25, -0.2) is 9.18 Å². The number of carbonyl (C=O) groups is 3. The monoisotopic (exact) mass is 450 g/mol. The van der Waals surface area contributed by atoms with Crippen molar-refractivity contribution in [3.05, 3.63) is 59.7 Å². The van der Waals surface area contributed by atoms with Gasteiger partial charge in [-0.15, -0.1) is 0 Å². The number of amides is 3. The van der Waals surface area contributed by atoms with E-state index in [2.05, 4.69) is 4.98 Å². The highest BCUT2D eigenvalue weighted by Gasteiger charge is 2.25. The van der Waals surface area contributed by atoms with Gasteiger partial charge in [0.1, 0.15) is 5.82 Å². The molecule has 0 unspecified atom stereocenters. The van der Waals surface area contributed by atoms with E-state index in [0.717, 1.165) is 0 Å². The highest BCUT2D eigenvalue weighted by molar-refractivity contribution is 5.99. The lowest BCUT2D eigenvalue weighted by molar-refractivity contribution is -0.131. The molecule has 1 aliphatic rings. The van der Waals surface area contributed by atoms with Gasteiger partial charge in [0.15, 0.2) is 5.78 Å². The molecule has 0 bridgehead atoms. The average Bonchev–Trinajstić information content (AvgIpc) is 2.81. The second-order valence-corrected chi connectivity index (χ2v) is 6.93.